The summed E-state index contributed by atoms with van der Waals surface area (Å²) in [6, 6.07) is 11.5. The van der Waals surface area contributed by atoms with E-state index in [1.54, 1.807) is 0 Å². The Morgan fingerprint density at radius 3 is 2.33 bits per heavy atom. The quantitative estimate of drug-likeness (QED) is 0.742. The number of anilines is 2. The molecule has 0 aliphatic carbocycles. The highest BCUT2D eigenvalue weighted by atomic mass is 32.2. The predicted octanol–water partition coefficient (Wildman–Crippen LogP) is 2.69. The highest BCUT2D eigenvalue weighted by Crippen LogP contribution is 2.27. The molecule has 0 radical (unpaired) electrons. The first-order chi connectivity index (χ1) is 12.9. The average Bonchev–Trinajstić information content (AvgIpc) is 3.16. The third kappa shape index (κ3) is 4.47. The number of amides is 1. The van der Waals surface area contributed by atoms with E-state index < -0.39 is 10.0 Å². The molecule has 2 aromatic rings. The third-order valence-corrected chi connectivity index (χ3v) is 5.80. The summed E-state index contributed by atoms with van der Waals surface area (Å²) in [5.41, 5.74) is 3.39. The van der Waals surface area contributed by atoms with Gasteiger partial charge in [-0.3, -0.25) is 9.63 Å². The molecule has 1 amide bonds. The fourth-order valence-corrected chi connectivity index (χ4v) is 4.00. The van der Waals surface area contributed by atoms with Crippen molar-refractivity contribution in [2.75, 3.05) is 30.4 Å². The van der Waals surface area contributed by atoms with Crippen molar-refractivity contribution in [1.82, 2.24) is 4.89 Å². The first-order valence-corrected chi connectivity index (χ1v) is 10.2. The van der Waals surface area contributed by atoms with Crippen molar-refractivity contribution in [2.24, 2.45) is 0 Å². The number of hydrogen-bond acceptors (Lipinski definition) is 5. The van der Waals surface area contributed by atoms with Gasteiger partial charge in [-0.2, -0.15) is 0 Å². The zero-order valence-corrected chi connectivity index (χ0v) is 16.2. The van der Waals surface area contributed by atoms with Crippen LogP contribution in [-0.2, 0) is 14.9 Å². The van der Waals surface area contributed by atoms with Gasteiger partial charge in [-0.25, -0.2) is 8.42 Å². The first-order valence-electron chi connectivity index (χ1n) is 8.72. The standard InChI is InChI=1S/C19H23N3O4S/c1-14-13-16(7-10-18(14)22-11-3-4-12-22)20-19(23)15-5-8-17(9-6-15)27(24,25)21-26-2/h5-10,13,21H,3-4,11-12H2,1-2H3,(H,20,23). The lowest BCUT2D eigenvalue weighted by atomic mass is 10.1. The Labute approximate surface area is 159 Å². The molecule has 1 aliphatic heterocycles. The zero-order chi connectivity index (χ0) is 19.4. The summed E-state index contributed by atoms with van der Waals surface area (Å²) in [6.45, 7) is 4.17. The number of carbonyl (C=O) groups is 1. The topological polar surface area (TPSA) is 87.7 Å². The minimum atomic E-state index is -3.74. The monoisotopic (exact) mass is 389 g/mol. The van der Waals surface area contributed by atoms with E-state index in [-0.39, 0.29) is 10.8 Å². The van der Waals surface area contributed by atoms with Crippen LogP contribution >= 0.6 is 0 Å². The van der Waals surface area contributed by atoms with Crippen LogP contribution in [0.3, 0.4) is 0 Å². The van der Waals surface area contributed by atoms with Gasteiger partial charge in [-0.15, -0.1) is 0 Å². The lowest BCUT2D eigenvalue weighted by molar-refractivity contribution is 0.102. The van der Waals surface area contributed by atoms with Gasteiger partial charge >= 0.3 is 0 Å². The van der Waals surface area contributed by atoms with E-state index in [0.29, 0.717) is 11.3 Å². The molecular formula is C19H23N3O4S. The molecule has 2 N–H and O–H groups in total. The molecule has 0 bridgehead atoms. The maximum Gasteiger partial charge on any atom is 0.262 e. The summed E-state index contributed by atoms with van der Waals surface area (Å²) >= 11 is 0. The second-order valence-electron chi connectivity index (χ2n) is 6.46. The Morgan fingerprint density at radius 2 is 1.74 bits per heavy atom. The van der Waals surface area contributed by atoms with E-state index >= 15 is 0 Å². The largest absolute Gasteiger partial charge is 0.371 e. The number of nitrogens with zero attached hydrogens (tertiary/aromatic N) is 1. The number of hydrogen-bond donors (Lipinski definition) is 2. The lowest BCUT2D eigenvalue weighted by Gasteiger charge is -2.20. The molecule has 1 saturated heterocycles. The Kier molecular flexibility index (Phi) is 5.79. The van der Waals surface area contributed by atoms with Crippen LogP contribution < -0.4 is 15.1 Å². The number of rotatable bonds is 6. The molecule has 0 atom stereocenters. The fourth-order valence-electron chi connectivity index (χ4n) is 3.19. The Bertz CT molecular complexity index is 920. The summed E-state index contributed by atoms with van der Waals surface area (Å²) in [4.78, 5) is 21.2. The van der Waals surface area contributed by atoms with E-state index in [9.17, 15) is 13.2 Å². The number of carbonyl (C=O) groups excluding carboxylic acids is 1. The minimum absolute atomic E-state index is 0.0201. The summed E-state index contributed by atoms with van der Waals surface area (Å²) in [5.74, 6) is -0.299. The number of benzene rings is 2. The van der Waals surface area contributed by atoms with Crippen molar-refractivity contribution >= 4 is 27.3 Å². The lowest BCUT2D eigenvalue weighted by Crippen LogP contribution is -2.22. The van der Waals surface area contributed by atoms with Crippen molar-refractivity contribution in [3.63, 3.8) is 0 Å². The van der Waals surface area contributed by atoms with E-state index in [1.807, 2.05) is 30.0 Å². The van der Waals surface area contributed by atoms with Gasteiger partial charge < -0.3 is 10.2 Å². The van der Waals surface area contributed by atoms with Crippen molar-refractivity contribution in [3.8, 4) is 0 Å². The molecule has 3 rings (SSSR count). The maximum absolute atomic E-state index is 12.4. The molecule has 144 valence electrons. The molecule has 27 heavy (non-hydrogen) atoms. The summed E-state index contributed by atoms with van der Waals surface area (Å²) in [6.07, 6.45) is 2.42. The van der Waals surface area contributed by atoms with Crippen LogP contribution in [0.25, 0.3) is 0 Å². The first kappa shape index (κ1) is 19.3. The molecule has 7 nitrogen and oxygen atoms in total. The molecule has 1 aliphatic rings. The molecule has 0 unspecified atom stereocenters. The van der Waals surface area contributed by atoms with Gasteiger partial charge in [0.25, 0.3) is 15.9 Å². The van der Waals surface area contributed by atoms with E-state index in [1.165, 1.54) is 49.9 Å². The van der Waals surface area contributed by atoms with Gasteiger partial charge in [0.1, 0.15) is 0 Å². The van der Waals surface area contributed by atoms with Crippen molar-refractivity contribution < 1.29 is 18.0 Å². The van der Waals surface area contributed by atoms with Crippen molar-refractivity contribution in [1.29, 1.82) is 0 Å². The van der Waals surface area contributed by atoms with Gasteiger partial charge in [0.15, 0.2) is 0 Å². The van der Waals surface area contributed by atoms with Gasteiger partial charge in [0.05, 0.1) is 12.0 Å². The van der Waals surface area contributed by atoms with Crippen LogP contribution in [0.4, 0.5) is 11.4 Å². The van der Waals surface area contributed by atoms with Crippen LogP contribution in [0.15, 0.2) is 47.4 Å². The van der Waals surface area contributed by atoms with Crippen LogP contribution in [0.1, 0.15) is 28.8 Å². The summed E-state index contributed by atoms with van der Waals surface area (Å²) in [5, 5.41) is 2.85. The van der Waals surface area contributed by atoms with Crippen LogP contribution in [0.5, 0.6) is 0 Å². The fraction of sp³-hybridized carbons (Fsp3) is 0.316. The van der Waals surface area contributed by atoms with E-state index in [4.69, 9.17) is 0 Å². The zero-order valence-electron chi connectivity index (χ0n) is 15.4. The molecule has 0 spiro atoms. The van der Waals surface area contributed by atoms with Gasteiger partial charge in [0, 0.05) is 30.0 Å². The Morgan fingerprint density at radius 1 is 1.07 bits per heavy atom. The van der Waals surface area contributed by atoms with Gasteiger partial charge in [0.2, 0.25) is 0 Å². The molecule has 0 aromatic heterocycles. The summed E-state index contributed by atoms with van der Waals surface area (Å²) in [7, 11) is -2.52. The molecule has 1 fully saturated rings. The Hall–Kier alpha value is -2.42. The molecule has 2 aromatic carbocycles. The number of sulfonamides is 1. The second kappa shape index (κ2) is 8.08. The van der Waals surface area contributed by atoms with Gasteiger partial charge in [-0.1, -0.05) is 4.89 Å². The molecule has 1 heterocycles. The minimum Gasteiger partial charge on any atom is -0.371 e. The van der Waals surface area contributed by atoms with Crippen molar-refractivity contribution in [3.05, 3.63) is 53.6 Å². The molecular weight excluding hydrogens is 366 g/mol. The summed E-state index contributed by atoms with van der Waals surface area (Å²) < 4.78 is 23.7. The van der Waals surface area contributed by atoms with Crippen LogP contribution in [0, 0.1) is 6.92 Å². The second-order valence-corrected chi connectivity index (χ2v) is 8.11. The van der Waals surface area contributed by atoms with E-state index in [0.717, 1.165) is 18.7 Å². The average molecular weight is 389 g/mol. The normalized spacial score (nSPS) is 14.4. The maximum atomic E-state index is 12.4. The highest BCUT2D eigenvalue weighted by Gasteiger charge is 2.16. The van der Waals surface area contributed by atoms with Crippen LogP contribution in [0.2, 0.25) is 0 Å². The third-order valence-electron chi connectivity index (χ3n) is 4.52. The smallest absolute Gasteiger partial charge is 0.262 e. The Balaban J connectivity index is 1.71. The SMILES string of the molecule is CONS(=O)(=O)c1ccc(C(=O)Nc2ccc(N3CCCC3)c(C)c2)cc1. The van der Waals surface area contributed by atoms with Gasteiger partial charge in [-0.05, 0) is 67.8 Å². The highest BCUT2D eigenvalue weighted by molar-refractivity contribution is 7.89. The van der Waals surface area contributed by atoms with Crippen molar-refractivity contribution in [2.45, 2.75) is 24.7 Å². The van der Waals surface area contributed by atoms with E-state index in [2.05, 4.69) is 15.1 Å². The predicted molar refractivity (Wildman–Crippen MR) is 104 cm³/mol. The number of aryl methyl sites for hydroxylation is 1. The molecule has 0 saturated carbocycles. The molecule has 8 heteroatoms. The number of nitrogens with one attached hydrogen (secondary N) is 2. The van der Waals surface area contributed by atoms with Crippen LogP contribution in [-0.4, -0.2) is 34.5 Å².